The summed E-state index contributed by atoms with van der Waals surface area (Å²) < 4.78 is 0. The lowest BCUT2D eigenvalue weighted by Gasteiger charge is -2.22. The van der Waals surface area contributed by atoms with Gasteiger partial charge < -0.3 is 5.32 Å². The lowest BCUT2D eigenvalue weighted by Crippen LogP contribution is -2.26. The topological polar surface area (TPSA) is 54.9 Å². The van der Waals surface area contributed by atoms with E-state index in [0.29, 0.717) is 5.82 Å². The lowest BCUT2D eigenvalue weighted by atomic mass is 9.85. The first-order chi connectivity index (χ1) is 10.1. The van der Waals surface area contributed by atoms with Gasteiger partial charge in [0.2, 0.25) is 5.91 Å². The molecule has 1 amide bonds. The molecule has 0 aliphatic heterocycles. The summed E-state index contributed by atoms with van der Waals surface area (Å²) in [5.74, 6) is 0.278. The number of halogens is 1. The van der Waals surface area contributed by atoms with E-state index < -0.39 is 0 Å². The quantitative estimate of drug-likeness (QED) is 0.911. The summed E-state index contributed by atoms with van der Waals surface area (Å²) in [4.78, 5) is 20.6. The normalized spacial score (nSPS) is 13.5. The molecule has 0 bridgehead atoms. The fourth-order valence-corrected chi connectivity index (χ4v) is 2.39. The molecule has 2 unspecified atom stereocenters. The van der Waals surface area contributed by atoms with E-state index in [-0.39, 0.29) is 22.9 Å². The summed E-state index contributed by atoms with van der Waals surface area (Å²) in [6, 6.07) is 9.77. The van der Waals surface area contributed by atoms with E-state index in [1.54, 1.807) is 0 Å². The summed E-state index contributed by atoms with van der Waals surface area (Å²) in [6.45, 7) is 4.15. The molecule has 5 heteroatoms. The highest BCUT2D eigenvalue weighted by Gasteiger charge is 2.26. The van der Waals surface area contributed by atoms with E-state index >= 15 is 0 Å². The van der Waals surface area contributed by atoms with Crippen molar-refractivity contribution in [2.45, 2.75) is 26.2 Å². The van der Waals surface area contributed by atoms with Gasteiger partial charge in [0.15, 0.2) is 5.82 Å². The minimum Gasteiger partial charge on any atom is -0.309 e. The SMILES string of the molecule is CCC(C)C(C(=O)Nc1cncc(Cl)n1)c1ccccc1. The van der Waals surface area contributed by atoms with Crippen molar-refractivity contribution in [1.29, 1.82) is 0 Å². The number of hydrogen-bond acceptors (Lipinski definition) is 3. The summed E-state index contributed by atoms with van der Waals surface area (Å²) in [5, 5.41) is 3.06. The molecule has 0 radical (unpaired) electrons. The van der Waals surface area contributed by atoms with Gasteiger partial charge in [-0.1, -0.05) is 62.2 Å². The molecule has 1 heterocycles. The molecule has 2 atom stereocenters. The number of nitrogens with one attached hydrogen (secondary N) is 1. The molecule has 0 fully saturated rings. The Morgan fingerprint density at radius 2 is 2.00 bits per heavy atom. The van der Waals surface area contributed by atoms with E-state index in [0.717, 1.165) is 12.0 Å². The van der Waals surface area contributed by atoms with Gasteiger partial charge >= 0.3 is 0 Å². The van der Waals surface area contributed by atoms with Gasteiger partial charge in [0.05, 0.1) is 18.3 Å². The number of benzene rings is 1. The van der Waals surface area contributed by atoms with Crippen molar-refractivity contribution in [1.82, 2.24) is 9.97 Å². The van der Waals surface area contributed by atoms with Crippen LogP contribution in [-0.4, -0.2) is 15.9 Å². The Labute approximate surface area is 129 Å². The van der Waals surface area contributed by atoms with Crippen LogP contribution in [0.25, 0.3) is 0 Å². The highest BCUT2D eigenvalue weighted by molar-refractivity contribution is 6.29. The number of amides is 1. The number of nitrogens with zero attached hydrogens (tertiary/aromatic N) is 2. The lowest BCUT2D eigenvalue weighted by molar-refractivity contribution is -0.118. The zero-order chi connectivity index (χ0) is 15.2. The molecule has 1 aromatic heterocycles. The minimum atomic E-state index is -0.225. The van der Waals surface area contributed by atoms with Gasteiger partial charge in [0.1, 0.15) is 5.15 Å². The fraction of sp³-hybridized carbons (Fsp3) is 0.312. The van der Waals surface area contributed by atoms with Crippen molar-refractivity contribution < 1.29 is 4.79 Å². The monoisotopic (exact) mass is 303 g/mol. The average molecular weight is 304 g/mol. The zero-order valence-corrected chi connectivity index (χ0v) is 12.8. The summed E-state index contributed by atoms with van der Waals surface area (Å²) >= 11 is 5.79. The van der Waals surface area contributed by atoms with Crippen molar-refractivity contribution in [3.63, 3.8) is 0 Å². The van der Waals surface area contributed by atoms with Gasteiger partial charge in [-0.2, -0.15) is 0 Å². The van der Waals surface area contributed by atoms with Gasteiger partial charge in [-0.3, -0.25) is 9.78 Å². The molecule has 2 aromatic rings. The van der Waals surface area contributed by atoms with Crippen LogP contribution in [0.2, 0.25) is 5.15 Å². The third kappa shape index (κ3) is 4.02. The Balaban J connectivity index is 2.23. The molecule has 0 saturated heterocycles. The van der Waals surface area contributed by atoms with Crippen LogP contribution in [0.1, 0.15) is 31.7 Å². The largest absolute Gasteiger partial charge is 0.309 e. The summed E-state index contributed by atoms with van der Waals surface area (Å²) in [6.07, 6.45) is 3.83. The van der Waals surface area contributed by atoms with Crippen LogP contribution in [0.3, 0.4) is 0 Å². The molecular weight excluding hydrogens is 286 g/mol. The van der Waals surface area contributed by atoms with Crippen LogP contribution in [0.4, 0.5) is 5.82 Å². The van der Waals surface area contributed by atoms with Gasteiger partial charge in [0.25, 0.3) is 0 Å². The van der Waals surface area contributed by atoms with E-state index in [4.69, 9.17) is 11.6 Å². The highest BCUT2D eigenvalue weighted by atomic mass is 35.5. The van der Waals surface area contributed by atoms with Crippen LogP contribution in [-0.2, 0) is 4.79 Å². The standard InChI is InChI=1S/C16H18ClN3O/c1-3-11(2)15(12-7-5-4-6-8-12)16(21)20-14-10-18-9-13(17)19-14/h4-11,15H,3H2,1-2H3,(H,19,20,21). The number of rotatable bonds is 5. The third-order valence-corrected chi connectivity index (χ3v) is 3.69. The van der Waals surface area contributed by atoms with E-state index in [9.17, 15) is 4.79 Å². The van der Waals surface area contributed by atoms with Gasteiger partial charge in [0, 0.05) is 0 Å². The first-order valence-electron chi connectivity index (χ1n) is 6.95. The van der Waals surface area contributed by atoms with Crippen molar-refractivity contribution in [3.05, 3.63) is 53.4 Å². The molecule has 0 aliphatic carbocycles. The maximum Gasteiger partial charge on any atom is 0.233 e. The van der Waals surface area contributed by atoms with Crippen LogP contribution in [0, 0.1) is 5.92 Å². The molecule has 1 aromatic carbocycles. The second-order valence-corrected chi connectivity index (χ2v) is 5.38. The Morgan fingerprint density at radius 1 is 1.29 bits per heavy atom. The molecule has 4 nitrogen and oxygen atoms in total. The van der Waals surface area contributed by atoms with Crippen molar-refractivity contribution >= 4 is 23.3 Å². The molecule has 0 aliphatic rings. The van der Waals surface area contributed by atoms with Crippen molar-refractivity contribution in [3.8, 4) is 0 Å². The van der Waals surface area contributed by atoms with E-state index in [2.05, 4.69) is 29.1 Å². The van der Waals surface area contributed by atoms with Crippen molar-refractivity contribution in [2.75, 3.05) is 5.32 Å². The highest BCUT2D eigenvalue weighted by Crippen LogP contribution is 2.28. The second-order valence-electron chi connectivity index (χ2n) is 4.99. The Hall–Kier alpha value is -1.94. The minimum absolute atomic E-state index is 0.0906. The molecular formula is C16H18ClN3O. The Kier molecular flexibility index (Phi) is 5.28. The second kappa shape index (κ2) is 7.18. The van der Waals surface area contributed by atoms with Crippen LogP contribution < -0.4 is 5.32 Å². The first kappa shape index (κ1) is 15.4. The zero-order valence-electron chi connectivity index (χ0n) is 12.1. The maximum atomic E-state index is 12.6. The number of carbonyl (C=O) groups is 1. The number of anilines is 1. The molecule has 21 heavy (non-hydrogen) atoms. The molecule has 0 spiro atoms. The molecule has 0 saturated carbocycles. The van der Waals surface area contributed by atoms with E-state index in [1.807, 2.05) is 30.3 Å². The molecule has 1 N–H and O–H groups in total. The van der Waals surface area contributed by atoms with Crippen molar-refractivity contribution in [2.24, 2.45) is 5.92 Å². The average Bonchev–Trinajstić information content (AvgIpc) is 2.48. The van der Waals surface area contributed by atoms with Gasteiger partial charge in [-0.15, -0.1) is 0 Å². The number of carbonyl (C=O) groups excluding carboxylic acids is 1. The van der Waals surface area contributed by atoms with Crippen LogP contribution >= 0.6 is 11.6 Å². The summed E-state index contributed by atoms with van der Waals surface area (Å²) in [7, 11) is 0. The summed E-state index contributed by atoms with van der Waals surface area (Å²) in [5.41, 5.74) is 0.999. The Morgan fingerprint density at radius 3 is 2.62 bits per heavy atom. The molecule has 110 valence electrons. The number of hydrogen-bond donors (Lipinski definition) is 1. The Bertz CT molecular complexity index is 603. The predicted molar refractivity (Wildman–Crippen MR) is 84.3 cm³/mol. The van der Waals surface area contributed by atoms with E-state index in [1.165, 1.54) is 12.4 Å². The number of aromatic nitrogens is 2. The van der Waals surface area contributed by atoms with Crippen LogP contribution in [0.5, 0.6) is 0 Å². The third-order valence-electron chi connectivity index (χ3n) is 3.51. The van der Waals surface area contributed by atoms with Crippen LogP contribution in [0.15, 0.2) is 42.7 Å². The predicted octanol–water partition coefficient (Wildman–Crippen LogP) is 3.90. The fourth-order valence-electron chi connectivity index (χ4n) is 2.24. The van der Waals surface area contributed by atoms with Gasteiger partial charge in [-0.25, -0.2) is 4.98 Å². The first-order valence-corrected chi connectivity index (χ1v) is 7.33. The smallest absolute Gasteiger partial charge is 0.233 e. The van der Waals surface area contributed by atoms with Gasteiger partial charge in [-0.05, 0) is 11.5 Å². The molecule has 2 rings (SSSR count). The maximum absolute atomic E-state index is 12.6.